The van der Waals surface area contributed by atoms with E-state index in [1.54, 1.807) is 0 Å². The zero-order valence-corrected chi connectivity index (χ0v) is 14.6. The minimum Gasteiger partial charge on any atom is -0.301 e. The fourth-order valence-electron chi connectivity index (χ4n) is 2.39. The van der Waals surface area contributed by atoms with E-state index in [1.807, 2.05) is 18.5 Å². The molecular formula is C15H23N5OS. The Labute approximate surface area is 135 Å². The molecule has 0 bridgehead atoms. The van der Waals surface area contributed by atoms with Crippen molar-refractivity contribution >= 4 is 22.4 Å². The van der Waals surface area contributed by atoms with Crippen molar-refractivity contribution in [2.45, 2.75) is 54.0 Å². The molecule has 7 heteroatoms. The van der Waals surface area contributed by atoms with Crippen molar-refractivity contribution in [2.24, 2.45) is 5.92 Å². The number of aryl methyl sites for hydroxylation is 2. The van der Waals surface area contributed by atoms with E-state index in [0.29, 0.717) is 23.9 Å². The molecule has 6 nitrogen and oxygen atoms in total. The molecule has 0 aliphatic rings. The van der Waals surface area contributed by atoms with Crippen LogP contribution in [0.3, 0.4) is 0 Å². The second-order valence-electron chi connectivity index (χ2n) is 5.90. The Morgan fingerprint density at radius 3 is 2.59 bits per heavy atom. The molecule has 22 heavy (non-hydrogen) atoms. The van der Waals surface area contributed by atoms with E-state index in [4.69, 9.17) is 0 Å². The molecule has 2 rings (SSSR count). The molecule has 0 atom stereocenters. The third kappa shape index (κ3) is 4.13. The summed E-state index contributed by atoms with van der Waals surface area (Å²) in [7, 11) is 0. The third-order valence-corrected chi connectivity index (χ3v) is 4.20. The van der Waals surface area contributed by atoms with E-state index in [1.165, 1.54) is 16.9 Å². The maximum Gasteiger partial charge on any atom is 0.226 e. The van der Waals surface area contributed by atoms with Gasteiger partial charge in [-0.2, -0.15) is 5.10 Å². The SMILES string of the molecule is Cc1nnc(NC(=O)CCc2c(C)nn(CC(C)C)c2C)s1. The maximum absolute atomic E-state index is 12.0. The summed E-state index contributed by atoms with van der Waals surface area (Å²) in [5.74, 6) is 0.515. The van der Waals surface area contributed by atoms with Gasteiger partial charge in [-0.15, -0.1) is 10.2 Å². The predicted molar refractivity (Wildman–Crippen MR) is 88.1 cm³/mol. The molecule has 0 saturated heterocycles. The van der Waals surface area contributed by atoms with Gasteiger partial charge in [-0.25, -0.2) is 0 Å². The van der Waals surface area contributed by atoms with E-state index < -0.39 is 0 Å². The van der Waals surface area contributed by atoms with Crippen molar-refractivity contribution in [2.75, 3.05) is 5.32 Å². The summed E-state index contributed by atoms with van der Waals surface area (Å²) in [4.78, 5) is 12.0. The van der Waals surface area contributed by atoms with Gasteiger partial charge in [-0.1, -0.05) is 25.2 Å². The van der Waals surface area contributed by atoms with Gasteiger partial charge in [-0.3, -0.25) is 9.48 Å². The Kier molecular flexibility index (Phi) is 5.28. The lowest BCUT2D eigenvalue weighted by atomic mass is 10.1. The molecule has 1 N–H and O–H groups in total. The van der Waals surface area contributed by atoms with E-state index in [9.17, 15) is 4.79 Å². The first-order chi connectivity index (χ1) is 10.4. The highest BCUT2D eigenvalue weighted by Crippen LogP contribution is 2.18. The first kappa shape index (κ1) is 16.6. The van der Waals surface area contributed by atoms with Crippen LogP contribution in [-0.4, -0.2) is 25.9 Å². The Bertz CT molecular complexity index is 659. The molecular weight excluding hydrogens is 298 g/mol. The summed E-state index contributed by atoms with van der Waals surface area (Å²) in [6, 6.07) is 0. The highest BCUT2D eigenvalue weighted by atomic mass is 32.1. The summed E-state index contributed by atoms with van der Waals surface area (Å²) in [5, 5.41) is 16.6. The molecule has 2 heterocycles. The molecule has 2 aromatic rings. The van der Waals surface area contributed by atoms with Crippen LogP contribution in [0.25, 0.3) is 0 Å². The standard InChI is InChI=1S/C15H23N5OS/c1-9(2)8-20-11(4)13(10(3)19-20)6-7-14(21)16-15-18-17-12(5)22-15/h9H,6-8H2,1-5H3,(H,16,18,21). The van der Waals surface area contributed by atoms with Gasteiger partial charge in [0.1, 0.15) is 5.01 Å². The number of carbonyl (C=O) groups excluding carboxylic acids is 1. The van der Waals surface area contributed by atoms with Gasteiger partial charge < -0.3 is 5.32 Å². The molecule has 0 fully saturated rings. The van der Waals surface area contributed by atoms with Crippen molar-refractivity contribution in [3.05, 3.63) is 22.0 Å². The van der Waals surface area contributed by atoms with Crippen molar-refractivity contribution in [1.82, 2.24) is 20.0 Å². The topological polar surface area (TPSA) is 72.7 Å². The van der Waals surface area contributed by atoms with Gasteiger partial charge in [0.05, 0.1) is 5.69 Å². The second-order valence-corrected chi connectivity index (χ2v) is 7.08. The number of amides is 1. The van der Waals surface area contributed by atoms with Gasteiger partial charge in [0.25, 0.3) is 0 Å². The van der Waals surface area contributed by atoms with E-state index in [-0.39, 0.29) is 5.91 Å². The molecule has 0 unspecified atom stereocenters. The third-order valence-electron chi connectivity index (χ3n) is 3.44. The Balaban J connectivity index is 1.96. The summed E-state index contributed by atoms with van der Waals surface area (Å²) < 4.78 is 2.04. The largest absolute Gasteiger partial charge is 0.301 e. The lowest BCUT2D eigenvalue weighted by Crippen LogP contribution is -2.13. The fourth-order valence-corrected chi connectivity index (χ4v) is 2.99. The molecule has 0 radical (unpaired) electrons. The Morgan fingerprint density at radius 1 is 1.27 bits per heavy atom. The van der Waals surface area contributed by atoms with Crippen LogP contribution in [0, 0.1) is 26.7 Å². The smallest absolute Gasteiger partial charge is 0.226 e. The van der Waals surface area contributed by atoms with Crippen molar-refractivity contribution in [3.63, 3.8) is 0 Å². The van der Waals surface area contributed by atoms with Gasteiger partial charge in [-0.05, 0) is 38.7 Å². The number of nitrogens with zero attached hydrogens (tertiary/aromatic N) is 4. The quantitative estimate of drug-likeness (QED) is 0.888. The van der Waals surface area contributed by atoms with Gasteiger partial charge in [0, 0.05) is 18.7 Å². The van der Waals surface area contributed by atoms with Crippen LogP contribution in [0.5, 0.6) is 0 Å². The average molecular weight is 321 g/mol. The predicted octanol–water partition coefficient (Wildman–Crippen LogP) is 2.89. The number of carbonyl (C=O) groups is 1. The Hall–Kier alpha value is -1.76. The number of nitrogens with one attached hydrogen (secondary N) is 1. The minimum atomic E-state index is -0.0356. The van der Waals surface area contributed by atoms with Crippen LogP contribution in [0.1, 0.15) is 42.2 Å². The zero-order valence-electron chi connectivity index (χ0n) is 13.8. The van der Waals surface area contributed by atoms with E-state index in [2.05, 4.69) is 41.4 Å². The van der Waals surface area contributed by atoms with Crippen molar-refractivity contribution in [1.29, 1.82) is 0 Å². The lowest BCUT2D eigenvalue weighted by molar-refractivity contribution is -0.116. The number of hydrogen-bond acceptors (Lipinski definition) is 5. The molecule has 0 saturated carbocycles. The van der Waals surface area contributed by atoms with Crippen LogP contribution in [0.4, 0.5) is 5.13 Å². The average Bonchev–Trinajstić information content (AvgIpc) is 2.92. The van der Waals surface area contributed by atoms with Crippen LogP contribution < -0.4 is 5.32 Å². The Morgan fingerprint density at radius 2 is 2.00 bits per heavy atom. The van der Waals surface area contributed by atoms with Crippen molar-refractivity contribution < 1.29 is 4.79 Å². The summed E-state index contributed by atoms with van der Waals surface area (Å²) in [6.07, 6.45) is 1.12. The van der Waals surface area contributed by atoms with Gasteiger partial charge >= 0.3 is 0 Å². The molecule has 0 aliphatic heterocycles. The fraction of sp³-hybridized carbons (Fsp3) is 0.600. The molecule has 0 aromatic carbocycles. The molecule has 0 spiro atoms. The zero-order chi connectivity index (χ0) is 16.3. The molecule has 2 aromatic heterocycles. The first-order valence-electron chi connectivity index (χ1n) is 7.49. The molecule has 0 aliphatic carbocycles. The summed E-state index contributed by atoms with van der Waals surface area (Å²) in [5.41, 5.74) is 3.34. The maximum atomic E-state index is 12.0. The van der Waals surface area contributed by atoms with Gasteiger partial charge in [0.2, 0.25) is 11.0 Å². The van der Waals surface area contributed by atoms with Crippen molar-refractivity contribution in [3.8, 4) is 0 Å². The first-order valence-corrected chi connectivity index (χ1v) is 8.31. The highest BCUT2D eigenvalue weighted by molar-refractivity contribution is 7.15. The monoisotopic (exact) mass is 321 g/mol. The van der Waals surface area contributed by atoms with Crippen LogP contribution in [-0.2, 0) is 17.8 Å². The van der Waals surface area contributed by atoms with E-state index in [0.717, 1.165) is 22.9 Å². The normalized spacial score (nSPS) is 11.2. The summed E-state index contributed by atoms with van der Waals surface area (Å²) in [6.45, 7) is 11.2. The number of hydrogen-bond donors (Lipinski definition) is 1. The highest BCUT2D eigenvalue weighted by Gasteiger charge is 2.14. The lowest BCUT2D eigenvalue weighted by Gasteiger charge is -2.08. The van der Waals surface area contributed by atoms with Crippen LogP contribution in [0.15, 0.2) is 0 Å². The van der Waals surface area contributed by atoms with Gasteiger partial charge in [0.15, 0.2) is 0 Å². The van der Waals surface area contributed by atoms with Crippen LogP contribution in [0.2, 0.25) is 0 Å². The number of rotatable bonds is 6. The summed E-state index contributed by atoms with van der Waals surface area (Å²) >= 11 is 1.38. The molecule has 1 amide bonds. The minimum absolute atomic E-state index is 0.0356. The van der Waals surface area contributed by atoms with E-state index >= 15 is 0 Å². The van der Waals surface area contributed by atoms with Crippen LogP contribution >= 0.6 is 11.3 Å². The second kappa shape index (κ2) is 7.00. The number of aromatic nitrogens is 4. The number of anilines is 1. The molecule has 120 valence electrons.